The summed E-state index contributed by atoms with van der Waals surface area (Å²) < 4.78 is 0. The van der Waals surface area contributed by atoms with Crippen molar-refractivity contribution in [1.82, 2.24) is 15.3 Å². The quantitative estimate of drug-likeness (QED) is 0.606. The van der Waals surface area contributed by atoms with Crippen molar-refractivity contribution in [2.75, 3.05) is 5.73 Å². The minimum Gasteiger partial charge on any atom is -0.465 e. The number of amides is 1. The zero-order chi connectivity index (χ0) is 9.84. The van der Waals surface area contributed by atoms with Crippen molar-refractivity contribution in [2.24, 2.45) is 0 Å². The third-order valence-corrected chi connectivity index (χ3v) is 1.48. The molecule has 0 unspecified atom stereocenters. The molecule has 4 N–H and O–H groups in total. The molecule has 1 heterocycles. The largest absolute Gasteiger partial charge is 0.465 e. The molecule has 7 heteroatoms. The van der Waals surface area contributed by atoms with Gasteiger partial charge in [-0.2, -0.15) is 0 Å². The Balaban J connectivity index is 2.72. The van der Waals surface area contributed by atoms with Gasteiger partial charge in [0.25, 0.3) is 0 Å². The van der Waals surface area contributed by atoms with Crippen LogP contribution in [0.2, 0.25) is 5.28 Å². The number of nitrogens with zero attached hydrogens (tertiary/aromatic N) is 2. The number of halogens is 1. The third-order valence-electron chi connectivity index (χ3n) is 1.30. The van der Waals surface area contributed by atoms with E-state index in [4.69, 9.17) is 22.4 Å². The van der Waals surface area contributed by atoms with Crippen LogP contribution in [-0.2, 0) is 6.54 Å². The Bertz CT molecular complexity index is 330. The lowest BCUT2D eigenvalue weighted by Gasteiger charge is -2.03. The van der Waals surface area contributed by atoms with E-state index in [0.717, 1.165) is 0 Å². The minimum absolute atomic E-state index is 0.0385. The lowest BCUT2D eigenvalue weighted by molar-refractivity contribution is 0.194. The van der Waals surface area contributed by atoms with Gasteiger partial charge in [0.15, 0.2) is 0 Å². The molecule has 1 rings (SSSR count). The number of nitrogen functional groups attached to an aromatic ring is 1. The first kappa shape index (κ1) is 9.53. The number of aromatic nitrogens is 2. The molecule has 6 nitrogen and oxygen atoms in total. The molecule has 13 heavy (non-hydrogen) atoms. The van der Waals surface area contributed by atoms with Gasteiger partial charge < -0.3 is 16.2 Å². The van der Waals surface area contributed by atoms with Gasteiger partial charge in [-0.25, -0.2) is 14.8 Å². The molecule has 1 aromatic rings. The highest BCUT2D eigenvalue weighted by Crippen LogP contribution is 2.09. The number of nitrogens with two attached hydrogens (primary N) is 1. The molecule has 0 atom stereocenters. The fourth-order valence-corrected chi connectivity index (χ4v) is 0.844. The Morgan fingerprint density at radius 2 is 2.46 bits per heavy atom. The SMILES string of the molecule is Nc1nc(Cl)ncc1CNC(=O)O. The standard InChI is InChI=1S/C6H7ClN4O2/c7-5-9-1-3(4(8)11-5)2-10-6(12)13/h1,10H,2H2,(H,12,13)(H2,8,9,11). The van der Waals surface area contributed by atoms with Gasteiger partial charge in [-0.05, 0) is 11.6 Å². The number of nitrogens with one attached hydrogen (secondary N) is 1. The summed E-state index contributed by atoms with van der Waals surface area (Å²) in [6.07, 6.45) is 0.245. The first-order valence-electron chi connectivity index (χ1n) is 3.33. The summed E-state index contributed by atoms with van der Waals surface area (Å²) in [4.78, 5) is 17.4. The van der Waals surface area contributed by atoms with Gasteiger partial charge in [0, 0.05) is 11.8 Å². The summed E-state index contributed by atoms with van der Waals surface area (Å²) in [6, 6.07) is 0. The molecule has 0 radical (unpaired) electrons. The molecule has 0 saturated carbocycles. The van der Waals surface area contributed by atoms with E-state index < -0.39 is 6.09 Å². The van der Waals surface area contributed by atoms with Crippen LogP contribution in [0.3, 0.4) is 0 Å². The molecule has 0 spiro atoms. The number of rotatable bonds is 2. The van der Waals surface area contributed by atoms with Crippen molar-refractivity contribution in [1.29, 1.82) is 0 Å². The summed E-state index contributed by atoms with van der Waals surface area (Å²) >= 11 is 5.44. The maximum atomic E-state index is 10.1. The van der Waals surface area contributed by atoms with E-state index in [-0.39, 0.29) is 17.6 Å². The summed E-state index contributed by atoms with van der Waals surface area (Å²) in [5, 5.41) is 10.5. The maximum Gasteiger partial charge on any atom is 0.404 e. The smallest absolute Gasteiger partial charge is 0.404 e. The first-order chi connectivity index (χ1) is 6.09. The predicted molar refractivity (Wildman–Crippen MR) is 46.3 cm³/mol. The van der Waals surface area contributed by atoms with E-state index in [0.29, 0.717) is 5.56 Å². The van der Waals surface area contributed by atoms with Gasteiger partial charge in [0.05, 0.1) is 6.54 Å². The van der Waals surface area contributed by atoms with Crippen LogP contribution >= 0.6 is 11.6 Å². The van der Waals surface area contributed by atoms with Crippen molar-refractivity contribution in [2.45, 2.75) is 6.54 Å². The number of hydrogen-bond acceptors (Lipinski definition) is 4. The second-order valence-corrected chi connectivity index (χ2v) is 2.55. The Kier molecular flexibility index (Phi) is 2.86. The van der Waals surface area contributed by atoms with Crippen LogP contribution in [0.15, 0.2) is 6.20 Å². The fraction of sp³-hybridized carbons (Fsp3) is 0.167. The van der Waals surface area contributed by atoms with E-state index in [2.05, 4.69) is 15.3 Å². The summed E-state index contributed by atoms with van der Waals surface area (Å²) in [5.74, 6) is 0.175. The molecule has 0 aliphatic carbocycles. The van der Waals surface area contributed by atoms with E-state index >= 15 is 0 Å². The Morgan fingerprint density at radius 3 is 3.00 bits per heavy atom. The molecule has 1 aromatic heterocycles. The van der Waals surface area contributed by atoms with E-state index in [9.17, 15) is 4.79 Å². The van der Waals surface area contributed by atoms with E-state index in [1.54, 1.807) is 0 Å². The van der Waals surface area contributed by atoms with Crippen LogP contribution in [0, 0.1) is 0 Å². The highest BCUT2D eigenvalue weighted by molar-refractivity contribution is 6.28. The first-order valence-corrected chi connectivity index (χ1v) is 3.71. The van der Waals surface area contributed by atoms with Crippen molar-refractivity contribution < 1.29 is 9.90 Å². The third kappa shape index (κ3) is 2.75. The van der Waals surface area contributed by atoms with Gasteiger partial charge in [-0.1, -0.05) is 0 Å². The molecular weight excluding hydrogens is 196 g/mol. The highest BCUT2D eigenvalue weighted by atomic mass is 35.5. The second kappa shape index (κ2) is 3.90. The van der Waals surface area contributed by atoms with Crippen molar-refractivity contribution in [3.8, 4) is 0 Å². The lowest BCUT2D eigenvalue weighted by Crippen LogP contribution is -2.21. The monoisotopic (exact) mass is 202 g/mol. The van der Waals surface area contributed by atoms with Crippen molar-refractivity contribution in [3.63, 3.8) is 0 Å². The second-order valence-electron chi connectivity index (χ2n) is 2.21. The van der Waals surface area contributed by atoms with Gasteiger partial charge in [0.2, 0.25) is 5.28 Å². The van der Waals surface area contributed by atoms with Crippen LogP contribution in [0.5, 0.6) is 0 Å². The zero-order valence-corrected chi connectivity index (χ0v) is 7.25. The highest BCUT2D eigenvalue weighted by Gasteiger charge is 2.03. The number of anilines is 1. The average molecular weight is 203 g/mol. The molecule has 70 valence electrons. The Labute approximate surface area is 78.7 Å². The summed E-state index contributed by atoms with van der Waals surface area (Å²) in [7, 11) is 0. The average Bonchev–Trinajstić information content (AvgIpc) is 2.02. The van der Waals surface area contributed by atoms with Crippen LogP contribution in [0.25, 0.3) is 0 Å². The zero-order valence-electron chi connectivity index (χ0n) is 6.49. The van der Waals surface area contributed by atoms with Crippen LogP contribution in [0.4, 0.5) is 10.6 Å². The van der Waals surface area contributed by atoms with Gasteiger partial charge >= 0.3 is 6.09 Å². The fourth-order valence-electron chi connectivity index (χ4n) is 0.704. The van der Waals surface area contributed by atoms with E-state index in [1.165, 1.54) is 6.20 Å². The Morgan fingerprint density at radius 1 is 1.77 bits per heavy atom. The molecule has 0 fully saturated rings. The van der Waals surface area contributed by atoms with Crippen LogP contribution in [-0.4, -0.2) is 21.2 Å². The van der Waals surface area contributed by atoms with Crippen LogP contribution < -0.4 is 11.1 Å². The minimum atomic E-state index is -1.13. The summed E-state index contributed by atoms with van der Waals surface area (Å²) in [6.45, 7) is 0.0678. The van der Waals surface area contributed by atoms with Crippen molar-refractivity contribution in [3.05, 3.63) is 17.0 Å². The number of hydrogen-bond donors (Lipinski definition) is 3. The normalized spacial score (nSPS) is 9.62. The van der Waals surface area contributed by atoms with Gasteiger partial charge in [-0.15, -0.1) is 0 Å². The maximum absolute atomic E-state index is 10.1. The van der Waals surface area contributed by atoms with Gasteiger partial charge in [0.1, 0.15) is 5.82 Å². The molecule has 0 saturated heterocycles. The number of carbonyl (C=O) groups is 1. The predicted octanol–water partition coefficient (Wildman–Crippen LogP) is 0.480. The molecule has 0 aliphatic rings. The molecule has 0 aromatic carbocycles. The lowest BCUT2D eigenvalue weighted by atomic mass is 10.3. The summed E-state index contributed by atoms with van der Waals surface area (Å²) in [5.41, 5.74) is 5.93. The molecular formula is C6H7ClN4O2. The number of carboxylic acid groups (broad SMARTS) is 1. The Hall–Kier alpha value is -1.56. The molecule has 0 bridgehead atoms. The van der Waals surface area contributed by atoms with E-state index in [1.807, 2.05) is 0 Å². The van der Waals surface area contributed by atoms with Crippen molar-refractivity contribution >= 4 is 23.5 Å². The van der Waals surface area contributed by atoms with Crippen LogP contribution in [0.1, 0.15) is 5.56 Å². The molecule has 0 aliphatic heterocycles. The molecule has 1 amide bonds. The van der Waals surface area contributed by atoms with Gasteiger partial charge in [-0.3, -0.25) is 0 Å². The topological polar surface area (TPSA) is 101 Å².